The van der Waals surface area contributed by atoms with Crippen molar-refractivity contribution in [3.8, 4) is 5.75 Å². The molecule has 2 rings (SSSR count). The topological polar surface area (TPSA) is 21.3 Å². The Labute approximate surface area is 125 Å². The zero-order chi connectivity index (χ0) is 14.2. The van der Waals surface area contributed by atoms with E-state index in [2.05, 4.69) is 41.9 Å². The van der Waals surface area contributed by atoms with Crippen molar-refractivity contribution < 1.29 is 4.74 Å². The van der Waals surface area contributed by atoms with Crippen molar-refractivity contribution in [1.82, 2.24) is 5.32 Å². The number of hydrogen-bond acceptors (Lipinski definition) is 3. The molecule has 0 aliphatic heterocycles. The molecule has 0 amide bonds. The molecule has 3 heteroatoms. The third-order valence-electron chi connectivity index (χ3n) is 2.90. The molecule has 20 heavy (non-hydrogen) atoms. The van der Waals surface area contributed by atoms with Gasteiger partial charge in [-0.3, -0.25) is 0 Å². The van der Waals surface area contributed by atoms with Gasteiger partial charge in [0.1, 0.15) is 11.9 Å². The third kappa shape index (κ3) is 4.51. The lowest BCUT2D eigenvalue weighted by atomic mass is 10.2. The second-order valence-electron chi connectivity index (χ2n) is 4.68. The minimum absolute atomic E-state index is 0.140. The first-order valence-electron chi connectivity index (χ1n) is 6.91. The number of para-hydroxylation sites is 1. The van der Waals surface area contributed by atoms with Crippen LogP contribution in [-0.4, -0.2) is 12.6 Å². The van der Waals surface area contributed by atoms with Gasteiger partial charge in [-0.1, -0.05) is 36.4 Å². The molecule has 0 radical (unpaired) electrons. The molecule has 0 aliphatic rings. The highest BCUT2D eigenvalue weighted by molar-refractivity contribution is 7.09. The van der Waals surface area contributed by atoms with E-state index in [1.54, 1.807) is 11.3 Å². The van der Waals surface area contributed by atoms with Gasteiger partial charge in [0.15, 0.2) is 0 Å². The second-order valence-corrected chi connectivity index (χ2v) is 5.71. The maximum atomic E-state index is 6.01. The summed E-state index contributed by atoms with van der Waals surface area (Å²) < 4.78 is 6.01. The maximum Gasteiger partial charge on any atom is 0.126 e. The van der Waals surface area contributed by atoms with Crippen LogP contribution in [0.2, 0.25) is 0 Å². The number of benzene rings is 1. The van der Waals surface area contributed by atoms with E-state index in [0.717, 1.165) is 24.4 Å². The zero-order valence-corrected chi connectivity index (χ0v) is 12.8. The van der Waals surface area contributed by atoms with Crippen LogP contribution in [0, 0.1) is 0 Å². The summed E-state index contributed by atoms with van der Waals surface area (Å²) in [5.41, 5.74) is 1.13. The molecule has 1 atom stereocenters. The van der Waals surface area contributed by atoms with Gasteiger partial charge >= 0.3 is 0 Å². The average Bonchev–Trinajstić information content (AvgIpc) is 2.94. The molecule has 0 aliphatic carbocycles. The van der Waals surface area contributed by atoms with Crippen LogP contribution < -0.4 is 10.1 Å². The Morgan fingerprint density at radius 3 is 2.85 bits per heavy atom. The van der Waals surface area contributed by atoms with Crippen molar-refractivity contribution in [3.63, 3.8) is 0 Å². The van der Waals surface area contributed by atoms with Crippen LogP contribution in [0.25, 0.3) is 6.08 Å². The minimum atomic E-state index is 0.140. The summed E-state index contributed by atoms with van der Waals surface area (Å²) in [4.78, 5) is 1.35. The SMILES string of the molecule is CC=Cc1ccccc1OC(C)CNCc1cccs1. The summed E-state index contributed by atoms with van der Waals surface area (Å²) in [6, 6.07) is 12.3. The van der Waals surface area contributed by atoms with Crippen LogP contribution in [0.4, 0.5) is 0 Å². The summed E-state index contributed by atoms with van der Waals surface area (Å²) in [6.45, 7) is 5.85. The van der Waals surface area contributed by atoms with E-state index in [1.807, 2.05) is 31.2 Å². The van der Waals surface area contributed by atoms with Crippen LogP contribution in [0.1, 0.15) is 24.3 Å². The molecule has 0 saturated heterocycles. The lowest BCUT2D eigenvalue weighted by Gasteiger charge is -2.17. The summed E-state index contributed by atoms with van der Waals surface area (Å²) in [6.07, 6.45) is 4.24. The number of ether oxygens (including phenoxy) is 1. The van der Waals surface area contributed by atoms with Gasteiger partial charge in [0, 0.05) is 23.5 Å². The molecule has 1 N–H and O–H groups in total. The lowest BCUT2D eigenvalue weighted by molar-refractivity contribution is 0.216. The van der Waals surface area contributed by atoms with E-state index in [1.165, 1.54) is 4.88 Å². The highest BCUT2D eigenvalue weighted by Crippen LogP contribution is 2.20. The Morgan fingerprint density at radius 1 is 1.25 bits per heavy atom. The van der Waals surface area contributed by atoms with Crippen LogP contribution in [0.15, 0.2) is 47.9 Å². The summed E-state index contributed by atoms with van der Waals surface area (Å²) >= 11 is 1.78. The highest BCUT2D eigenvalue weighted by atomic mass is 32.1. The van der Waals surface area contributed by atoms with E-state index in [-0.39, 0.29) is 6.10 Å². The Hall–Kier alpha value is -1.58. The Bertz CT molecular complexity index is 534. The van der Waals surface area contributed by atoms with E-state index in [9.17, 15) is 0 Å². The fraction of sp³-hybridized carbons (Fsp3) is 0.294. The summed E-state index contributed by atoms with van der Waals surface area (Å²) in [5.74, 6) is 0.941. The second kappa shape index (κ2) is 7.88. The molecular formula is C17H21NOS. The van der Waals surface area contributed by atoms with Gasteiger partial charge in [-0.2, -0.15) is 0 Å². The van der Waals surface area contributed by atoms with Gasteiger partial charge in [0.05, 0.1) is 0 Å². The van der Waals surface area contributed by atoms with Gasteiger partial charge in [0.25, 0.3) is 0 Å². The molecule has 106 valence electrons. The molecule has 0 fully saturated rings. The molecule has 0 saturated carbocycles. The van der Waals surface area contributed by atoms with Gasteiger partial charge in [-0.25, -0.2) is 0 Å². The third-order valence-corrected chi connectivity index (χ3v) is 3.78. The van der Waals surface area contributed by atoms with E-state index in [4.69, 9.17) is 4.74 Å². The molecule has 0 spiro atoms. The first-order chi connectivity index (χ1) is 9.79. The van der Waals surface area contributed by atoms with Gasteiger partial charge in [-0.05, 0) is 31.4 Å². The van der Waals surface area contributed by atoms with Crippen molar-refractivity contribution in [2.45, 2.75) is 26.5 Å². The fourth-order valence-electron chi connectivity index (χ4n) is 1.98. The molecule has 1 aromatic carbocycles. The molecule has 1 aromatic heterocycles. The van der Waals surface area contributed by atoms with Crippen LogP contribution >= 0.6 is 11.3 Å². The van der Waals surface area contributed by atoms with Gasteiger partial charge < -0.3 is 10.1 Å². The largest absolute Gasteiger partial charge is 0.489 e. The van der Waals surface area contributed by atoms with Gasteiger partial charge in [-0.15, -0.1) is 11.3 Å². The quantitative estimate of drug-likeness (QED) is 0.818. The van der Waals surface area contributed by atoms with Crippen LogP contribution in [0.5, 0.6) is 5.75 Å². The molecule has 1 heterocycles. The number of rotatable bonds is 7. The van der Waals surface area contributed by atoms with Crippen molar-refractivity contribution >= 4 is 17.4 Å². The Morgan fingerprint density at radius 2 is 2.10 bits per heavy atom. The molecule has 0 bridgehead atoms. The molecular weight excluding hydrogens is 266 g/mol. The smallest absolute Gasteiger partial charge is 0.126 e. The molecule has 2 aromatic rings. The van der Waals surface area contributed by atoms with Crippen molar-refractivity contribution in [2.75, 3.05) is 6.54 Å². The van der Waals surface area contributed by atoms with Crippen molar-refractivity contribution in [3.05, 3.63) is 58.3 Å². The Balaban J connectivity index is 1.83. The number of allylic oxidation sites excluding steroid dienone is 1. The van der Waals surface area contributed by atoms with E-state index >= 15 is 0 Å². The zero-order valence-electron chi connectivity index (χ0n) is 12.0. The van der Waals surface area contributed by atoms with Crippen molar-refractivity contribution in [1.29, 1.82) is 0 Å². The number of hydrogen-bond donors (Lipinski definition) is 1. The average molecular weight is 287 g/mol. The maximum absolute atomic E-state index is 6.01. The highest BCUT2D eigenvalue weighted by Gasteiger charge is 2.06. The minimum Gasteiger partial charge on any atom is -0.489 e. The predicted molar refractivity (Wildman–Crippen MR) is 87.3 cm³/mol. The predicted octanol–water partition coefficient (Wildman–Crippen LogP) is 4.34. The van der Waals surface area contributed by atoms with Crippen LogP contribution in [-0.2, 0) is 6.54 Å². The standard InChI is InChI=1S/C17H21NOS/c1-3-7-15-8-4-5-10-17(15)19-14(2)12-18-13-16-9-6-11-20-16/h3-11,14,18H,12-13H2,1-2H3. The number of nitrogens with one attached hydrogen (secondary N) is 1. The van der Waals surface area contributed by atoms with Crippen molar-refractivity contribution in [2.24, 2.45) is 0 Å². The molecule has 1 unspecified atom stereocenters. The monoisotopic (exact) mass is 287 g/mol. The first kappa shape index (κ1) is 14.8. The summed E-state index contributed by atoms with van der Waals surface area (Å²) in [5, 5.41) is 5.53. The number of thiophene rings is 1. The first-order valence-corrected chi connectivity index (χ1v) is 7.79. The lowest BCUT2D eigenvalue weighted by Crippen LogP contribution is -2.28. The van der Waals surface area contributed by atoms with Crippen LogP contribution in [0.3, 0.4) is 0 Å². The van der Waals surface area contributed by atoms with E-state index in [0.29, 0.717) is 0 Å². The Kier molecular flexibility index (Phi) is 5.84. The van der Waals surface area contributed by atoms with E-state index < -0.39 is 0 Å². The summed E-state index contributed by atoms with van der Waals surface area (Å²) in [7, 11) is 0. The fourth-order valence-corrected chi connectivity index (χ4v) is 2.65. The van der Waals surface area contributed by atoms with Gasteiger partial charge in [0.2, 0.25) is 0 Å². The normalized spacial score (nSPS) is 12.7. The molecule has 2 nitrogen and oxygen atoms in total.